The smallest absolute Gasteiger partial charge is 0.226 e. The lowest BCUT2D eigenvalue weighted by Gasteiger charge is -2.23. The van der Waals surface area contributed by atoms with Gasteiger partial charge in [-0.15, -0.1) is 0 Å². The van der Waals surface area contributed by atoms with E-state index in [9.17, 15) is 9.59 Å². The van der Waals surface area contributed by atoms with Crippen molar-refractivity contribution in [2.24, 2.45) is 0 Å². The Morgan fingerprint density at radius 1 is 1.08 bits per heavy atom. The van der Waals surface area contributed by atoms with E-state index in [1.807, 2.05) is 32.0 Å². The van der Waals surface area contributed by atoms with E-state index in [-0.39, 0.29) is 24.8 Å². The molecule has 0 unspecified atom stereocenters. The van der Waals surface area contributed by atoms with Gasteiger partial charge in [-0.05, 0) is 37.6 Å². The van der Waals surface area contributed by atoms with Crippen LogP contribution in [0.2, 0.25) is 10.0 Å². The van der Waals surface area contributed by atoms with Crippen LogP contribution < -0.4 is 10.2 Å². The molecule has 0 spiro atoms. The Hall–Kier alpha value is -2.04. The van der Waals surface area contributed by atoms with Crippen LogP contribution in [0.1, 0.15) is 24.5 Å². The zero-order chi connectivity index (χ0) is 18.6. The molecule has 0 atom stereocenters. The van der Waals surface area contributed by atoms with Crippen LogP contribution in [0, 0.1) is 13.8 Å². The molecule has 0 saturated carbocycles. The van der Waals surface area contributed by atoms with Gasteiger partial charge in [0.2, 0.25) is 11.8 Å². The molecule has 2 rings (SSSR count). The zero-order valence-corrected chi connectivity index (χ0v) is 15.9. The van der Waals surface area contributed by atoms with Crippen molar-refractivity contribution in [2.45, 2.75) is 27.2 Å². The fraction of sp³-hybridized carbons (Fsp3) is 0.263. The normalized spacial score (nSPS) is 10.4. The molecule has 0 saturated heterocycles. The molecular formula is C19H20Cl2N2O2. The molecule has 0 aromatic heterocycles. The molecule has 6 heteroatoms. The minimum atomic E-state index is -0.258. The van der Waals surface area contributed by atoms with E-state index in [1.54, 1.807) is 23.1 Å². The Bertz CT molecular complexity index is 786. The summed E-state index contributed by atoms with van der Waals surface area (Å²) in [5.41, 5.74) is 3.30. The number of benzene rings is 2. The number of hydrogen-bond donors (Lipinski definition) is 1. The molecule has 0 fully saturated rings. The highest BCUT2D eigenvalue weighted by atomic mass is 35.5. The number of carbonyl (C=O) groups is 2. The number of carbonyl (C=O) groups excluding carboxylic acids is 2. The molecule has 132 valence electrons. The van der Waals surface area contributed by atoms with E-state index in [0.717, 1.165) is 16.8 Å². The first-order chi connectivity index (χ1) is 11.8. The van der Waals surface area contributed by atoms with Gasteiger partial charge in [0, 0.05) is 25.6 Å². The van der Waals surface area contributed by atoms with Crippen LogP contribution in [-0.2, 0) is 9.59 Å². The van der Waals surface area contributed by atoms with Crippen LogP contribution in [0.15, 0.2) is 36.4 Å². The summed E-state index contributed by atoms with van der Waals surface area (Å²) in [5.74, 6) is -0.374. The SMILES string of the molecule is CC(=O)N(CCC(=O)Nc1c(Cl)cccc1Cl)c1ccc(C)cc1C. The number of aryl methyl sites for hydroxylation is 2. The third kappa shape index (κ3) is 4.97. The maximum atomic E-state index is 12.2. The summed E-state index contributed by atoms with van der Waals surface area (Å²) < 4.78 is 0. The van der Waals surface area contributed by atoms with E-state index in [0.29, 0.717) is 15.7 Å². The van der Waals surface area contributed by atoms with Crippen LogP contribution in [0.25, 0.3) is 0 Å². The average molecular weight is 379 g/mol. The molecule has 1 N–H and O–H groups in total. The lowest BCUT2D eigenvalue weighted by atomic mass is 10.1. The summed E-state index contributed by atoms with van der Waals surface area (Å²) in [7, 11) is 0. The van der Waals surface area contributed by atoms with Crippen molar-refractivity contribution in [1.82, 2.24) is 0 Å². The monoisotopic (exact) mass is 378 g/mol. The van der Waals surface area contributed by atoms with Gasteiger partial charge >= 0.3 is 0 Å². The minimum absolute atomic E-state index is 0.115. The molecule has 0 aliphatic rings. The summed E-state index contributed by atoms with van der Waals surface area (Å²) >= 11 is 12.1. The summed E-state index contributed by atoms with van der Waals surface area (Å²) in [4.78, 5) is 25.9. The molecule has 4 nitrogen and oxygen atoms in total. The lowest BCUT2D eigenvalue weighted by Crippen LogP contribution is -2.32. The second-order valence-electron chi connectivity index (χ2n) is 5.86. The predicted molar refractivity (Wildman–Crippen MR) is 104 cm³/mol. The number of rotatable bonds is 5. The van der Waals surface area contributed by atoms with Crippen LogP contribution in [0.5, 0.6) is 0 Å². The minimum Gasteiger partial charge on any atom is -0.323 e. The van der Waals surface area contributed by atoms with Gasteiger partial charge in [0.1, 0.15) is 0 Å². The predicted octanol–water partition coefficient (Wildman–Crippen LogP) is 4.99. The molecule has 0 radical (unpaired) electrons. The lowest BCUT2D eigenvalue weighted by molar-refractivity contribution is -0.117. The average Bonchev–Trinajstić information content (AvgIpc) is 2.52. The van der Waals surface area contributed by atoms with Crippen LogP contribution in [0.4, 0.5) is 11.4 Å². The summed E-state index contributed by atoms with van der Waals surface area (Å²) in [6.45, 7) is 5.70. The fourth-order valence-corrected chi connectivity index (χ4v) is 3.08. The van der Waals surface area contributed by atoms with Crippen LogP contribution in [0.3, 0.4) is 0 Å². The molecule has 2 aromatic carbocycles. The van der Waals surface area contributed by atoms with Gasteiger partial charge in [-0.2, -0.15) is 0 Å². The molecule has 2 amide bonds. The Kier molecular flexibility index (Phi) is 6.45. The first kappa shape index (κ1) is 19.3. The third-order valence-electron chi connectivity index (χ3n) is 3.81. The standard InChI is InChI=1S/C19H20Cl2N2O2/c1-12-7-8-17(13(2)11-12)23(14(3)24)10-9-18(25)22-19-15(20)5-4-6-16(19)21/h4-8,11H,9-10H2,1-3H3,(H,22,25). The van der Waals surface area contributed by atoms with Gasteiger partial charge in [0.15, 0.2) is 0 Å². The Morgan fingerprint density at radius 3 is 2.28 bits per heavy atom. The first-order valence-corrected chi connectivity index (χ1v) is 8.64. The van der Waals surface area contributed by atoms with Gasteiger partial charge in [0.25, 0.3) is 0 Å². The van der Waals surface area contributed by atoms with Crippen molar-refractivity contribution in [3.05, 3.63) is 57.6 Å². The highest BCUT2D eigenvalue weighted by Gasteiger charge is 2.16. The Balaban J connectivity index is 2.08. The van der Waals surface area contributed by atoms with E-state index < -0.39 is 0 Å². The van der Waals surface area contributed by atoms with Crippen LogP contribution in [-0.4, -0.2) is 18.4 Å². The van der Waals surface area contributed by atoms with E-state index in [2.05, 4.69) is 5.32 Å². The Morgan fingerprint density at radius 2 is 1.72 bits per heavy atom. The quantitative estimate of drug-likeness (QED) is 0.796. The highest BCUT2D eigenvalue weighted by Crippen LogP contribution is 2.30. The number of anilines is 2. The van der Waals surface area contributed by atoms with Crippen molar-refractivity contribution >= 4 is 46.4 Å². The maximum Gasteiger partial charge on any atom is 0.226 e. The molecule has 25 heavy (non-hydrogen) atoms. The zero-order valence-electron chi connectivity index (χ0n) is 14.4. The number of amides is 2. The number of nitrogens with zero attached hydrogens (tertiary/aromatic N) is 1. The molecule has 0 aliphatic carbocycles. The summed E-state index contributed by atoms with van der Waals surface area (Å²) in [6, 6.07) is 10.9. The van der Waals surface area contributed by atoms with Crippen molar-refractivity contribution in [3.8, 4) is 0 Å². The van der Waals surface area contributed by atoms with E-state index in [1.165, 1.54) is 6.92 Å². The maximum absolute atomic E-state index is 12.2. The second kappa shape index (κ2) is 8.37. The number of hydrogen-bond acceptors (Lipinski definition) is 2. The van der Waals surface area contributed by atoms with Crippen molar-refractivity contribution in [2.75, 3.05) is 16.8 Å². The van der Waals surface area contributed by atoms with E-state index >= 15 is 0 Å². The fourth-order valence-electron chi connectivity index (χ4n) is 2.59. The van der Waals surface area contributed by atoms with Gasteiger partial charge in [-0.3, -0.25) is 9.59 Å². The molecular weight excluding hydrogens is 359 g/mol. The van der Waals surface area contributed by atoms with Gasteiger partial charge in [-0.1, -0.05) is 47.0 Å². The van der Waals surface area contributed by atoms with Gasteiger partial charge < -0.3 is 10.2 Å². The van der Waals surface area contributed by atoms with Crippen molar-refractivity contribution in [3.63, 3.8) is 0 Å². The molecule has 0 bridgehead atoms. The van der Waals surface area contributed by atoms with Crippen molar-refractivity contribution in [1.29, 1.82) is 0 Å². The number of nitrogens with one attached hydrogen (secondary N) is 1. The van der Waals surface area contributed by atoms with Crippen LogP contribution >= 0.6 is 23.2 Å². The summed E-state index contributed by atoms with van der Waals surface area (Å²) in [5, 5.41) is 3.45. The van der Waals surface area contributed by atoms with Gasteiger partial charge in [-0.25, -0.2) is 0 Å². The topological polar surface area (TPSA) is 49.4 Å². The highest BCUT2D eigenvalue weighted by molar-refractivity contribution is 6.39. The van der Waals surface area contributed by atoms with E-state index in [4.69, 9.17) is 23.2 Å². The third-order valence-corrected chi connectivity index (χ3v) is 4.44. The second-order valence-corrected chi connectivity index (χ2v) is 6.67. The Labute approximate surface area is 157 Å². The van der Waals surface area contributed by atoms with Gasteiger partial charge in [0.05, 0.1) is 15.7 Å². The van der Waals surface area contributed by atoms with Crippen molar-refractivity contribution < 1.29 is 9.59 Å². The summed E-state index contributed by atoms with van der Waals surface area (Å²) in [6.07, 6.45) is 0.133. The molecule has 2 aromatic rings. The number of para-hydroxylation sites is 1. The number of halogens is 2. The molecule has 0 aliphatic heterocycles. The largest absolute Gasteiger partial charge is 0.323 e. The first-order valence-electron chi connectivity index (χ1n) is 7.89. The molecule has 0 heterocycles.